The molecule has 1 aliphatic rings. The number of ketones is 1. The van der Waals surface area contributed by atoms with E-state index in [-0.39, 0.29) is 11.6 Å². The van der Waals surface area contributed by atoms with Crippen LogP contribution in [0.15, 0.2) is 5.10 Å². The average Bonchev–Trinajstić information content (AvgIpc) is 2.44. The smallest absolute Gasteiger partial charge is 0.226 e. The van der Waals surface area contributed by atoms with E-state index in [4.69, 9.17) is 5.11 Å². The Balaban J connectivity index is 2.39. The summed E-state index contributed by atoms with van der Waals surface area (Å²) in [6, 6.07) is 0. The first-order chi connectivity index (χ1) is 3.34. The van der Waals surface area contributed by atoms with E-state index in [0.29, 0.717) is 0 Å². The van der Waals surface area contributed by atoms with Gasteiger partial charge >= 0.3 is 0 Å². The van der Waals surface area contributed by atoms with Gasteiger partial charge in [0, 0.05) is 0 Å². The summed E-state index contributed by atoms with van der Waals surface area (Å²) in [5, 5.41) is 11.4. The fourth-order valence-corrected chi connectivity index (χ4v) is 0.228. The first kappa shape index (κ1) is 4.26. The van der Waals surface area contributed by atoms with Crippen LogP contribution in [0.2, 0.25) is 0 Å². The van der Waals surface area contributed by atoms with Crippen LogP contribution < -0.4 is 5.43 Å². The molecule has 38 valence electrons. The van der Waals surface area contributed by atoms with Crippen LogP contribution in [0.1, 0.15) is 0 Å². The van der Waals surface area contributed by atoms with E-state index in [0.717, 1.165) is 0 Å². The van der Waals surface area contributed by atoms with Gasteiger partial charge in [-0.3, -0.25) is 10.2 Å². The van der Waals surface area contributed by atoms with Gasteiger partial charge in [-0.15, -0.1) is 0 Å². The van der Waals surface area contributed by atoms with Crippen molar-refractivity contribution < 1.29 is 9.90 Å². The zero-order valence-corrected chi connectivity index (χ0v) is 3.51. The van der Waals surface area contributed by atoms with Crippen LogP contribution >= 0.6 is 0 Å². The molecule has 0 spiro atoms. The van der Waals surface area contributed by atoms with Gasteiger partial charge in [-0.2, -0.15) is 5.10 Å². The van der Waals surface area contributed by atoms with Crippen molar-refractivity contribution in [1.29, 1.82) is 0 Å². The predicted molar refractivity (Wildman–Crippen MR) is 22.7 cm³/mol. The van der Waals surface area contributed by atoms with E-state index in [1.54, 1.807) is 0 Å². The molecule has 0 radical (unpaired) electrons. The number of hydrogen-bond donors (Lipinski definition) is 2. The molecule has 0 saturated carbocycles. The fourth-order valence-electron chi connectivity index (χ4n) is 0.228. The summed E-state index contributed by atoms with van der Waals surface area (Å²) in [6.07, 6.45) is 0. The normalized spacial score (nSPS) is 14.7. The number of nitrogens with zero attached hydrogens (tertiary/aromatic N) is 1. The molecule has 0 aromatic carbocycles. The summed E-state index contributed by atoms with van der Waals surface area (Å²) < 4.78 is 0. The average molecular weight is 100 g/mol. The largest absolute Gasteiger partial charge is 0.388 e. The Hall–Kier alpha value is -0.900. The maximum absolute atomic E-state index is 10.1. The highest BCUT2D eigenvalue weighted by Gasteiger charge is 2.17. The van der Waals surface area contributed by atoms with Gasteiger partial charge in [0.2, 0.25) is 11.6 Å². The van der Waals surface area contributed by atoms with E-state index in [1.165, 1.54) is 0 Å². The third-order valence-corrected chi connectivity index (χ3v) is 0.631. The number of Topliss-reactive ketones (excluding diaryl/α,β-unsaturated/α-hetero) is 1. The molecule has 7 heavy (non-hydrogen) atoms. The second-order valence-electron chi connectivity index (χ2n) is 1.15. The molecular weight excluding hydrogens is 96.0 g/mol. The zero-order valence-electron chi connectivity index (χ0n) is 3.51. The first-order valence-electron chi connectivity index (χ1n) is 1.82. The highest BCUT2D eigenvalue weighted by molar-refractivity contribution is 6.43. The van der Waals surface area contributed by atoms with Crippen molar-refractivity contribution >= 4 is 11.6 Å². The summed E-state index contributed by atoms with van der Waals surface area (Å²) >= 11 is 0. The van der Waals surface area contributed by atoms with Gasteiger partial charge in [0.15, 0.2) is 0 Å². The third-order valence-electron chi connectivity index (χ3n) is 0.631. The Bertz CT molecular complexity index is 129. The highest BCUT2D eigenvalue weighted by atomic mass is 16.3. The summed E-state index contributed by atoms with van der Waals surface area (Å²) in [5.41, 5.74) is 2.32. The lowest BCUT2D eigenvalue weighted by Gasteiger charge is -1.76. The van der Waals surface area contributed by atoms with Gasteiger partial charge in [0.1, 0.15) is 6.61 Å². The first-order valence-corrected chi connectivity index (χ1v) is 1.82. The van der Waals surface area contributed by atoms with Crippen molar-refractivity contribution in [1.82, 2.24) is 5.43 Å². The molecule has 2 N–H and O–H groups in total. The summed E-state index contributed by atoms with van der Waals surface area (Å²) in [7, 11) is 0. The number of amidine groups is 1. The van der Waals surface area contributed by atoms with Gasteiger partial charge < -0.3 is 5.11 Å². The second-order valence-corrected chi connectivity index (χ2v) is 1.15. The van der Waals surface area contributed by atoms with E-state index in [2.05, 4.69) is 10.5 Å². The zero-order chi connectivity index (χ0) is 5.28. The number of carbonyl (C=O) groups excluding carboxylic acids is 1. The van der Waals surface area contributed by atoms with Gasteiger partial charge in [-0.1, -0.05) is 0 Å². The molecule has 0 unspecified atom stereocenters. The Kier molecular flexibility index (Phi) is 0.796. The third kappa shape index (κ3) is 0.747. The molecule has 1 rings (SSSR count). The van der Waals surface area contributed by atoms with Crippen molar-refractivity contribution in [2.45, 2.75) is 0 Å². The number of hydrogen-bond acceptors (Lipinski definition) is 4. The standard InChI is InChI=1S/C3H4N2O2/c6-1-2(7)3-4-5-3/h6H,1H2,(H,4,5). The van der Waals surface area contributed by atoms with E-state index >= 15 is 0 Å². The molecule has 0 bridgehead atoms. The molecule has 4 heteroatoms. The molecule has 0 aliphatic carbocycles. The molecule has 1 heterocycles. The van der Waals surface area contributed by atoms with Gasteiger partial charge in [-0.05, 0) is 0 Å². The Morgan fingerprint density at radius 1 is 2.00 bits per heavy atom. The SMILES string of the molecule is O=C(CO)C1=NN1. The number of carbonyl (C=O) groups is 1. The molecular formula is C3H4N2O2. The van der Waals surface area contributed by atoms with Crippen LogP contribution in [0.25, 0.3) is 0 Å². The van der Waals surface area contributed by atoms with Crippen molar-refractivity contribution in [3.63, 3.8) is 0 Å². The van der Waals surface area contributed by atoms with Gasteiger partial charge in [-0.25, -0.2) is 0 Å². The molecule has 0 fully saturated rings. The van der Waals surface area contributed by atoms with E-state index < -0.39 is 6.61 Å². The Morgan fingerprint density at radius 2 is 2.57 bits per heavy atom. The highest BCUT2D eigenvalue weighted by Crippen LogP contribution is 1.86. The number of hydrazone groups is 1. The van der Waals surface area contributed by atoms with E-state index in [9.17, 15) is 4.79 Å². The van der Waals surface area contributed by atoms with Crippen LogP contribution in [0.4, 0.5) is 0 Å². The lowest BCUT2D eigenvalue weighted by atomic mass is 10.4. The molecule has 4 nitrogen and oxygen atoms in total. The van der Waals surface area contributed by atoms with Crippen molar-refractivity contribution in [3.05, 3.63) is 0 Å². The molecule has 0 amide bonds. The van der Waals surface area contributed by atoms with Crippen LogP contribution in [0, 0.1) is 0 Å². The maximum atomic E-state index is 10.1. The molecule has 0 atom stereocenters. The number of aliphatic hydroxyl groups is 1. The topological polar surface area (TPSA) is 71.6 Å². The van der Waals surface area contributed by atoms with E-state index in [1.807, 2.05) is 0 Å². The van der Waals surface area contributed by atoms with Crippen LogP contribution in [-0.2, 0) is 4.79 Å². The molecule has 0 aromatic rings. The summed E-state index contributed by atoms with van der Waals surface area (Å²) in [4.78, 5) is 10.1. The predicted octanol–water partition coefficient (Wildman–Crippen LogP) is -1.54. The number of nitrogens with one attached hydrogen (secondary N) is 1. The molecule has 0 aromatic heterocycles. The lowest BCUT2D eigenvalue weighted by molar-refractivity contribution is -0.115. The van der Waals surface area contributed by atoms with Crippen molar-refractivity contribution in [2.75, 3.05) is 6.61 Å². The van der Waals surface area contributed by atoms with Gasteiger partial charge in [0.25, 0.3) is 0 Å². The van der Waals surface area contributed by atoms with Crippen molar-refractivity contribution in [2.24, 2.45) is 5.10 Å². The minimum Gasteiger partial charge on any atom is -0.388 e. The minimum absolute atomic E-state index is 0.280. The lowest BCUT2D eigenvalue weighted by Crippen LogP contribution is -2.13. The van der Waals surface area contributed by atoms with Crippen LogP contribution in [-0.4, -0.2) is 23.3 Å². The number of rotatable bonds is 2. The molecule has 1 aliphatic heterocycles. The minimum atomic E-state index is -0.453. The number of aliphatic hydroxyl groups excluding tert-OH is 1. The monoisotopic (exact) mass is 100 g/mol. The Morgan fingerprint density at radius 3 is 2.71 bits per heavy atom. The summed E-state index contributed by atoms with van der Waals surface area (Å²) in [6.45, 7) is -0.453. The summed E-state index contributed by atoms with van der Waals surface area (Å²) in [5.74, 6) is -0.0671. The maximum Gasteiger partial charge on any atom is 0.226 e. The Labute approximate surface area is 39.8 Å². The quantitative estimate of drug-likeness (QED) is 0.442. The van der Waals surface area contributed by atoms with Gasteiger partial charge in [0.05, 0.1) is 0 Å². The second kappa shape index (κ2) is 1.31. The molecule has 0 saturated heterocycles. The fraction of sp³-hybridized carbons (Fsp3) is 0.333. The van der Waals surface area contributed by atoms with Crippen LogP contribution in [0.5, 0.6) is 0 Å². The van der Waals surface area contributed by atoms with Crippen LogP contribution in [0.3, 0.4) is 0 Å². The van der Waals surface area contributed by atoms with Crippen molar-refractivity contribution in [3.8, 4) is 0 Å².